The number of hydrogen-bond acceptors (Lipinski definition) is 5. The third kappa shape index (κ3) is 3.69. The fourth-order valence-electron chi connectivity index (χ4n) is 3.34. The Morgan fingerprint density at radius 3 is 2.34 bits per heavy atom. The second-order valence-corrected chi connectivity index (χ2v) is 8.12. The van der Waals surface area contributed by atoms with Crippen molar-refractivity contribution in [2.24, 2.45) is 0 Å². The maximum atomic E-state index is 13.2. The Bertz CT molecular complexity index is 1480. The number of aromatic amines is 1. The maximum Gasteiger partial charge on any atom is 0.267 e. The Balaban J connectivity index is 1.36. The minimum atomic E-state index is -0.298. The summed E-state index contributed by atoms with van der Waals surface area (Å²) in [7, 11) is 0. The fraction of sp³-hybridized carbons (Fsp3) is 0.0435. The number of halogens is 1. The summed E-state index contributed by atoms with van der Waals surface area (Å²) >= 11 is 1.29. The molecule has 0 aliphatic heterocycles. The number of benzene rings is 2. The van der Waals surface area contributed by atoms with E-state index in [-0.39, 0.29) is 17.3 Å². The molecule has 5 rings (SSSR count). The summed E-state index contributed by atoms with van der Waals surface area (Å²) in [5, 5.41) is 9.30. The second kappa shape index (κ2) is 7.86. The predicted octanol–water partition coefficient (Wildman–Crippen LogP) is 4.51. The van der Waals surface area contributed by atoms with Crippen molar-refractivity contribution in [2.45, 2.75) is 6.92 Å². The molecular weight excluding hydrogens is 429 g/mol. The first-order chi connectivity index (χ1) is 15.5. The van der Waals surface area contributed by atoms with Gasteiger partial charge in [0, 0.05) is 34.8 Å². The molecule has 0 saturated carbocycles. The lowest BCUT2D eigenvalue weighted by molar-refractivity contribution is 0.102. The molecular formula is C23H16FN5O2S. The molecule has 0 aliphatic carbocycles. The van der Waals surface area contributed by atoms with Crippen molar-refractivity contribution < 1.29 is 9.18 Å². The van der Waals surface area contributed by atoms with E-state index in [1.54, 1.807) is 30.3 Å². The molecule has 1 amide bonds. The molecule has 0 bridgehead atoms. The summed E-state index contributed by atoms with van der Waals surface area (Å²) in [6.07, 6.45) is 1.84. The average molecular weight is 445 g/mol. The summed E-state index contributed by atoms with van der Waals surface area (Å²) in [5.41, 5.74) is 4.13. The number of thiazole rings is 1. The van der Waals surface area contributed by atoms with Crippen molar-refractivity contribution in [3.63, 3.8) is 0 Å². The number of anilines is 1. The topological polar surface area (TPSA) is 92.1 Å². The molecule has 0 atom stereocenters. The number of aryl methyl sites for hydroxylation is 1. The minimum Gasteiger partial charge on any atom is -0.321 e. The van der Waals surface area contributed by atoms with Crippen LogP contribution in [0.3, 0.4) is 0 Å². The van der Waals surface area contributed by atoms with Gasteiger partial charge in [-0.05, 0) is 49.4 Å². The minimum absolute atomic E-state index is 0.226. The number of fused-ring (bicyclic) bond motifs is 1. The summed E-state index contributed by atoms with van der Waals surface area (Å²) in [6, 6.07) is 16.4. The lowest BCUT2D eigenvalue weighted by Crippen LogP contribution is -2.11. The van der Waals surface area contributed by atoms with Crippen LogP contribution in [0.5, 0.6) is 0 Å². The summed E-state index contributed by atoms with van der Waals surface area (Å²) in [6.45, 7) is 1.86. The smallest absolute Gasteiger partial charge is 0.267 e. The van der Waals surface area contributed by atoms with E-state index >= 15 is 0 Å². The molecule has 32 heavy (non-hydrogen) atoms. The number of nitrogens with one attached hydrogen (secondary N) is 2. The largest absolute Gasteiger partial charge is 0.321 e. The quantitative estimate of drug-likeness (QED) is 0.426. The zero-order valence-electron chi connectivity index (χ0n) is 16.8. The van der Waals surface area contributed by atoms with Gasteiger partial charge in [-0.2, -0.15) is 5.10 Å². The summed E-state index contributed by atoms with van der Waals surface area (Å²) in [5.74, 6) is -0.524. The first-order valence-electron chi connectivity index (χ1n) is 9.70. The van der Waals surface area contributed by atoms with Gasteiger partial charge in [0.2, 0.25) is 0 Å². The number of imidazole rings is 1. The van der Waals surface area contributed by atoms with Gasteiger partial charge in [-0.1, -0.05) is 23.5 Å². The van der Waals surface area contributed by atoms with E-state index in [0.29, 0.717) is 21.2 Å². The average Bonchev–Trinajstić information content (AvgIpc) is 3.35. The normalized spacial score (nSPS) is 11.1. The highest BCUT2D eigenvalue weighted by Crippen LogP contribution is 2.28. The molecule has 0 spiro atoms. The Hall–Kier alpha value is -4.11. The van der Waals surface area contributed by atoms with E-state index < -0.39 is 0 Å². The molecule has 3 heterocycles. The Kier molecular flexibility index (Phi) is 4.87. The first kappa shape index (κ1) is 19.8. The van der Waals surface area contributed by atoms with Crippen molar-refractivity contribution in [3.8, 4) is 22.5 Å². The molecule has 3 aromatic heterocycles. The maximum absolute atomic E-state index is 13.2. The van der Waals surface area contributed by atoms with Gasteiger partial charge in [0.1, 0.15) is 10.7 Å². The zero-order chi connectivity index (χ0) is 22.2. The van der Waals surface area contributed by atoms with Crippen LogP contribution in [0.1, 0.15) is 15.4 Å². The van der Waals surface area contributed by atoms with Gasteiger partial charge in [-0.25, -0.2) is 14.5 Å². The SMILES string of the molecule is Cc1c(C(=O)Nc2ccc(-c3ccc(=O)[nH]n3)cc2)sc2nc(-c3ccc(F)cc3)cn12. The molecule has 0 aliphatic rings. The van der Waals surface area contributed by atoms with Crippen LogP contribution in [0.4, 0.5) is 10.1 Å². The molecule has 7 nitrogen and oxygen atoms in total. The van der Waals surface area contributed by atoms with E-state index in [4.69, 9.17) is 0 Å². The number of rotatable bonds is 4. The van der Waals surface area contributed by atoms with E-state index in [1.807, 2.05) is 29.7 Å². The molecule has 0 unspecified atom stereocenters. The van der Waals surface area contributed by atoms with Crippen molar-refractivity contribution in [3.05, 3.63) is 93.6 Å². The molecule has 2 aromatic carbocycles. The third-order valence-electron chi connectivity index (χ3n) is 5.02. The molecule has 0 fully saturated rings. The fourth-order valence-corrected chi connectivity index (χ4v) is 4.34. The molecule has 158 valence electrons. The van der Waals surface area contributed by atoms with Crippen LogP contribution in [-0.4, -0.2) is 25.5 Å². The van der Waals surface area contributed by atoms with Crippen LogP contribution in [0.2, 0.25) is 0 Å². The summed E-state index contributed by atoms with van der Waals surface area (Å²) in [4.78, 5) is 29.8. The number of hydrogen-bond donors (Lipinski definition) is 2. The number of carbonyl (C=O) groups is 1. The van der Waals surface area contributed by atoms with Crippen LogP contribution in [0, 0.1) is 12.7 Å². The van der Waals surface area contributed by atoms with Crippen LogP contribution in [-0.2, 0) is 0 Å². The van der Waals surface area contributed by atoms with Crippen LogP contribution >= 0.6 is 11.3 Å². The van der Waals surface area contributed by atoms with Crippen LogP contribution < -0.4 is 10.9 Å². The molecule has 5 aromatic rings. The summed E-state index contributed by atoms with van der Waals surface area (Å²) < 4.78 is 15.0. The Morgan fingerprint density at radius 2 is 1.69 bits per heavy atom. The monoisotopic (exact) mass is 445 g/mol. The first-order valence-corrected chi connectivity index (χ1v) is 10.5. The number of carbonyl (C=O) groups excluding carboxylic acids is 1. The molecule has 9 heteroatoms. The Morgan fingerprint density at radius 1 is 1.00 bits per heavy atom. The highest BCUT2D eigenvalue weighted by molar-refractivity contribution is 7.19. The lowest BCUT2D eigenvalue weighted by Gasteiger charge is -2.06. The predicted molar refractivity (Wildman–Crippen MR) is 121 cm³/mol. The van der Waals surface area contributed by atoms with Gasteiger partial charge in [-0.3, -0.25) is 14.0 Å². The molecule has 2 N–H and O–H groups in total. The zero-order valence-corrected chi connectivity index (χ0v) is 17.6. The Labute approximate surface area is 185 Å². The van der Waals surface area contributed by atoms with Gasteiger partial charge >= 0.3 is 0 Å². The van der Waals surface area contributed by atoms with Gasteiger partial charge < -0.3 is 5.32 Å². The van der Waals surface area contributed by atoms with Crippen molar-refractivity contribution in [2.75, 3.05) is 5.32 Å². The van der Waals surface area contributed by atoms with E-state index in [2.05, 4.69) is 20.5 Å². The molecule has 0 saturated heterocycles. The van der Waals surface area contributed by atoms with E-state index in [0.717, 1.165) is 22.5 Å². The van der Waals surface area contributed by atoms with Crippen molar-refractivity contribution in [1.29, 1.82) is 0 Å². The highest BCUT2D eigenvalue weighted by atomic mass is 32.1. The standard InChI is InChI=1S/C23H16FN5O2S/c1-13-21(32-23-26-19(12-29(13)23)15-2-6-16(24)7-3-15)22(31)25-17-8-4-14(5-9-17)18-10-11-20(30)28-27-18/h2-12H,1H3,(H,25,31)(H,28,30). The van der Waals surface area contributed by atoms with Crippen LogP contribution in [0.25, 0.3) is 27.5 Å². The number of H-pyrrole nitrogens is 1. The number of nitrogens with zero attached hydrogens (tertiary/aromatic N) is 3. The molecule has 0 radical (unpaired) electrons. The van der Waals surface area contributed by atoms with Crippen molar-refractivity contribution >= 4 is 27.9 Å². The van der Waals surface area contributed by atoms with E-state index in [9.17, 15) is 14.0 Å². The lowest BCUT2D eigenvalue weighted by atomic mass is 10.1. The van der Waals surface area contributed by atoms with Gasteiger partial charge in [0.05, 0.1) is 11.4 Å². The van der Waals surface area contributed by atoms with E-state index in [1.165, 1.54) is 29.5 Å². The van der Waals surface area contributed by atoms with Crippen LogP contribution in [0.15, 0.2) is 71.7 Å². The van der Waals surface area contributed by atoms with Crippen molar-refractivity contribution in [1.82, 2.24) is 19.6 Å². The highest BCUT2D eigenvalue weighted by Gasteiger charge is 2.18. The van der Waals surface area contributed by atoms with Gasteiger partial charge in [-0.15, -0.1) is 0 Å². The third-order valence-corrected chi connectivity index (χ3v) is 6.18. The number of aromatic nitrogens is 4. The van der Waals surface area contributed by atoms with Gasteiger partial charge in [0.15, 0.2) is 4.96 Å². The number of amides is 1. The van der Waals surface area contributed by atoms with Gasteiger partial charge in [0.25, 0.3) is 11.5 Å². The second-order valence-electron chi connectivity index (χ2n) is 7.14.